The maximum absolute atomic E-state index is 11.6. The van der Waals surface area contributed by atoms with Crippen molar-refractivity contribution in [3.63, 3.8) is 0 Å². The number of carbonyl (C=O) groups is 1. The Balaban J connectivity index is 2.81. The highest BCUT2D eigenvalue weighted by molar-refractivity contribution is 5.86. The van der Waals surface area contributed by atoms with Gasteiger partial charge in [-0.05, 0) is 48.9 Å². The van der Waals surface area contributed by atoms with Crippen LogP contribution in [-0.4, -0.2) is 23.8 Å². The van der Waals surface area contributed by atoms with Crippen molar-refractivity contribution in [2.24, 2.45) is 28.6 Å². The SMILES string of the molecule is C=C(C)C(=O)OCC1CCC(C(C(C)(C)CC)C(C)(C)CC)CC1O. The molecule has 0 amide bonds. The van der Waals surface area contributed by atoms with Gasteiger partial charge in [0.05, 0.1) is 12.7 Å². The Morgan fingerprint density at radius 2 is 1.68 bits per heavy atom. The van der Waals surface area contributed by atoms with E-state index >= 15 is 0 Å². The summed E-state index contributed by atoms with van der Waals surface area (Å²) in [7, 11) is 0. The molecule has 0 spiro atoms. The lowest BCUT2D eigenvalue weighted by Crippen LogP contribution is -2.45. The molecule has 1 aliphatic rings. The molecular weight excluding hydrogens is 312 g/mol. The Labute approximate surface area is 155 Å². The van der Waals surface area contributed by atoms with Gasteiger partial charge in [0.2, 0.25) is 0 Å². The van der Waals surface area contributed by atoms with Crippen LogP contribution in [0.5, 0.6) is 0 Å². The van der Waals surface area contributed by atoms with E-state index in [1.54, 1.807) is 6.92 Å². The Hall–Kier alpha value is -0.830. The third kappa shape index (κ3) is 5.57. The standard InChI is InChI=1S/C22H40O3/c1-9-21(5,6)19(22(7,8)10-2)16-11-12-17(18(23)13-16)14-25-20(24)15(3)4/h16-19,23H,3,9-14H2,1-2,4-8H3. The van der Waals surface area contributed by atoms with Crippen LogP contribution in [0.4, 0.5) is 0 Å². The first-order valence-electron chi connectivity index (χ1n) is 9.97. The van der Waals surface area contributed by atoms with Gasteiger partial charge in [-0.1, -0.05) is 61.0 Å². The average molecular weight is 353 g/mol. The molecule has 3 nitrogen and oxygen atoms in total. The van der Waals surface area contributed by atoms with Crippen LogP contribution >= 0.6 is 0 Å². The zero-order chi connectivity index (χ0) is 19.4. The van der Waals surface area contributed by atoms with E-state index < -0.39 is 0 Å². The van der Waals surface area contributed by atoms with Crippen molar-refractivity contribution in [2.45, 2.75) is 86.7 Å². The third-order valence-electron chi connectivity index (χ3n) is 6.75. The summed E-state index contributed by atoms with van der Waals surface area (Å²) in [6.07, 6.45) is 4.74. The average Bonchev–Trinajstić information content (AvgIpc) is 2.53. The molecule has 1 fully saturated rings. The second kappa shape index (κ2) is 8.70. The lowest BCUT2D eigenvalue weighted by molar-refractivity contribution is -0.143. The fourth-order valence-corrected chi connectivity index (χ4v) is 4.82. The van der Waals surface area contributed by atoms with Crippen LogP contribution < -0.4 is 0 Å². The van der Waals surface area contributed by atoms with Gasteiger partial charge in [0, 0.05) is 11.5 Å². The van der Waals surface area contributed by atoms with Gasteiger partial charge < -0.3 is 9.84 Å². The molecule has 3 atom stereocenters. The predicted octanol–water partition coefficient (Wildman–Crippen LogP) is 5.37. The number of hydrogen-bond donors (Lipinski definition) is 1. The number of ether oxygens (including phenoxy) is 1. The summed E-state index contributed by atoms with van der Waals surface area (Å²) in [4.78, 5) is 11.6. The Morgan fingerprint density at radius 1 is 1.16 bits per heavy atom. The molecule has 0 aliphatic heterocycles. The van der Waals surface area contributed by atoms with Crippen molar-refractivity contribution >= 4 is 5.97 Å². The summed E-state index contributed by atoms with van der Waals surface area (Å²) in [6.45, 7) is 19.6. The van der Waals surface area contributed by atoms with E-state index in [0.717, 1.165) is 32.1 Å². The highest BCUT2D eigenvalue weighted by Gasteiger charge is 2.46. The third-order valence-corrected chi connectivity index (χ3v) is 6.75. The molecule has 0 aromatic heterocycles. The first kappa shape index (κ1) is 22.2. The van der Waals surface area contributed by atoms with Crippen LogP contribution in [0.15, 0.2) is 12.2 Å². The molecule has 146 valence electrons. The number of aliphatic hydroxyl groups excluding tert-OH is 1. The Morgan fingerprint density at radius 3 is 2.08 bits per heavy atom. The fourth-order valence-electron chi connectivity index (χ4n) is 4.82. The maximum Gasteiger partial charge on any atom is 0.333 e. The summed E-state index contributed by atoms with van der Waals surface area (Å²) >= 11 is 0. The highest BCUT2D eigenvalue weighted by atomic mass is 16.5. The van der Waals surface area contributed by atoms with Gasteiger partial charge in [0.1, 0.15) is 0 Å². The number of rotatable bonds is 8. The van der Waals surface area contributed by atoms with Crippen LogP contribution in [0.25, 0.3) is 0 Å². The van der Waals surface area contributed by atoms with Crippen molar-refractivity contribution < 1.29 is 14.6 Å². The fraction of sp³-hybridized carbons (Fsp3) is 0.864. The molecule has 25 heavy (non-hydrogen) atoms. The van der Waals surface area contributed by atoms with Crippen LogP contribution in [0, 0.1) is 28.6 Å². The van der Waals surface area contributed by atoms with Gasteiger partial charge in [-0.3, -0.25) is 0 Å². The molecule has 0 saturated heterocycles. The normalized spacial score (nSPS) is 25.1. The first-order valence-corrected chi connectivity index (χ1v) is 9.97. The number of aliphatic hydroxyl groups is 1. The van der Waals surface area contributed by atoms with Gasteiger partial charge in [-0.2, -0.15) is 0 Å². The lowest BCUT2D eigenvalue weighted by atomic mass is 9.55. The van der Waals surface area contributed by atoms with Crippen molar-refractivity contribution in [1.29, 1.82) is 0 Å². The monoisotopic (exact) mass is 352 g/mol. The van der Waals surface area contributed by atoms with Crippen molar-refractivity contribution in [3.05, 3.63) is 12.2 Å². The maximum atomic E-state index is 11.6. The topological polar surface area (TPSA) is 46.5 Å². The molecule has 1 N–H and O–H groups in total. The Kier molecular flexibility index (Phi) is 7.73. The van der Waals surface area contributed by atoms with Crippen molar-refractivity contribution in [1.82, 2.24) is 0 Å². The molecule has 0 radical (unpaired) electrons. The summed E-state index contributed by atoms with van der Waals surface area (Å²) in [5.41, 5.74) is 0.921. The second-order valence-electron chi connectivity index (χ2n) is 9.44. The van der Waals surface area contributed by atoms with E-state index in [9.17, 15) is 9.90 Å². The van der Waals surface area contributed by atoms with Crippen LogP contribution in [0.2, 0.25) is 0 Å². The van der Waals surface area contributed by atoms with Gasteiger partial charge in [0.25, 0.3) is 0 Å². The number of esters is 1. The van der Waals surface area contributed by atoms with Gasteiger partial charge in [-0.25, -0.2) is 4.79 Å². The molecule has 3 unspecified atom stereocenters. The van der Waals surface area contributed by atoms with Crippen LogP contribution in [0.1, 0.15) is 80.6 Å². The quantitative estimate of drug-likeness (QED) is 0.472. The van der Waals surface area contributed by atoms with Gasteiger partial charge >= 0.3 is 5.97 Å². The number of carbonyl (C=O) groups excluding carboxylic acids is 1. The van der Waals surface area contributed by atoms with E-state index in [-0.39, 0.29) is 28.8 Å². The van der Waals surface area contributed by atoms with Crippen molar-refractivity contribution in [3.8, 4) is 0 Å². The van der Waals surface area contributed by atoms with E-state index in [4.69, 9.17) is 4.74 Å². The minimum Gasteiger partial charge on any atom is -0.462 e. The smallest absolute Gasteiger partial charge is 0.333 e. The molecule has 0 heterocycles. The molecular formula is C22H40O3. The largest absolute Gasteiger partial charge is 0.462 e. The minimum atomic E-state index is -0.389. The zero-order valence-electron chi connectivity index (χ0n) is 17.5. The predicted molar refractivity (Wildman–Crippen MR) is 104 cm³/mol. The minimum absolute atomic E-state index is 0.0506. The highest BCUT2D eigenvalue weighted by Crippen LogP contribution is 2.52. The molecule has 1 rings (SSSR count). The molecule has 1 aliphatic carbocycles. The zero-order valence-corrected chi connectivity index (χ0v) is 17.5. The van der Waals surface area contributed by atoms with Crippen LogP contribution in [0.3, 0.4) is 0 Å². The lowest BCUT2D eigenvalue weighted by Gasteiger charge is -2.51. The van der Waals surface area contributed by atoms with E-state index in [1.807, 2.05) is 0 Å². The van der Waals surface area contributed by atoms with E-state index in [0.29, 0.717) is 24.0 Å². The van der Waals surface area contributed by atoms with E-state index in [2.05, 4.69) is 48.1 Å². The summed E-state index contributed by atoms with van der Waals surface area (Å²) in [5.74, 6) is 0.790. The summed E-state index contributed by atoms with van der Waals surface area (Å²) in [5, 5.41) is 10.7. The molecule has 0 aromatic rings. The molecule has 0 bridgehead atoms. The van der Waals surface area contributed by atoms with Crippen LogP contribution in [-0.2, 0) is 9.53 Å². The molecule has 1 saturated carbocycles. The second-order valence-corrected chi connectivity index (χ2v) is 9.44. The van der Waals surface area contributed by atoms with Gasteiger partial charge in [0.15, 0.2) is 0 Å². The summed E-state index contributed by atoms with van der Waals surface area (Å²) < 4.78 is 5.29. The Bertz CT molecular complexity index is 448. The van der Waals surface area contributed by atoms with Crippen molar-refractivity contribution in [2.75, 3.05) is 6.61 Å². The van der Waals surface area contributed by atoms with Gasteiger partial charge in [-0.15, -0.1) is 0 Å². The molecule has 0 aromatic carbocycles. The summed E-state index contributed by atoms with van der Waals surface area (Å²) in [6, 6.07) is 0. The molecule has 3 heteroatoms. The number of hydrogen-bond acceptors (Lipinski definition) is 3. The van der Waals surface area contributed by atoms with E-state index in [1.165, 1.54) is 0 Å². The first-order chi connectivity index (χ1) is 11.5.